The molecule has 1 unspecified atom stereocenters. The zero-order chi connectivity index (χ0) is 23.9. The third-order valence-corrected chi connectivity index (χ3v) is 6.60. The van der Waals surface area contributed by atoms with Crippen LogP contribution in [-0.2, 0) is 6.42 Å². The average Bonchev–Trinajstić information content (AvgIpc) is 3.44. The zero-order valence-electron chi connectivity index (χ0n) is 18.7. The number of carbonyl (C=O) groups excluding carboxylic acids is 1. The van der Waals surface area contributed by atoms with Gasteiger partial charge in [-0.15, -0.1) is 0 Å². The van der Waals surface area contributed by atoms with E-state index in [2.05, 4.69) is 10.3 Å². The first-order chi connectivity index (χ1) is 16.3. The van der Waals surface area contributed by atoms with Crippen molar-refractivity contribution in [3.05, 3.63) is 53.7 Å². The van der Waals surface area contributed by atoms with Crippen molar-refractivity contribution in [2.45, 2.75) is 50.4 Å². The Morgan fingerprint density at radius 3 is 2.65 bits per heavy atom. The van der Waals surface area contributed by atoms with Crippen molar-refractivity contribution >= 4 is 22.6 Å². The summed E-state index contributed by atoms with van der Waals surface area (Å²) in [6, 6.07) is 9.05. The molecule has 1 aliphatic carbocycles. The first-order valence-corrected chi connectivity index (χ1v) is 11.4. The van der Waals surface area contributed by atoms with E-state index in [0.717, 1.165) is 30.6 Å². The molecule has 34 heavy (non-hydrogen) atoms. The largest absolute Gasteiger partial charge is 0.497 e. The van der Waals surface area contributed by atoms with Crippen molar-refractivity contribution in [1.82, 2.24) is 9.88 Å². The van der Waals surface area contributed by atoms with Crippen molar-refractivity contribution in [3.63, 3.8) is 0 Å². The Kier molecular flexibility index (Phi) is 5.79. The van der Waals surface area contributed by atoms with Crippen LogP contribution in [0.25, 0.3) is 10.9 Å². The maximum Gasteiger partial charge on any atom is 0.414 e. The van der Waals surface area contributed by atoms with Gasteiger partial charge < -0.3 is 24.7 Å². The van der Waals surface area contributed by atoms with Gasteiger partial charge in [0.15, 0.2) is 6.04 Å². The first kappa shape index (κ1) is 22.4. The Balaban J connectivity index is 1.41. The van der Waals surface area contributed by atoms with E-state index in [4.69, 9.17) is 9.47 Å². The summed E-state index contributed by atoms with van der Waals surface area (Å²) in [5.41, 5.74) is 1.54. The van der Waals surface area contributed by atoms with E-state index < -0.39 is 18.2 Å². The number of hydrogen-bond donors (Lipinski definition) is 2. The molecule has 2 N–H and O–H groups in total. The average molecular weight is 473 g/mol. The Morgan fingerprint density at radius 1 is 1.12 bits per heavy atom. The molecule has 1 atom stereocenters. The third kappa shape index (κ3) is 4.26. The van der Waals surface area contributed by atoms with Crippen LogP contribution in [0.1, 0.15) is 43.0 Å². The highest BCUT2D eigenvalue weighted by Gasteiger charge is 2.50. The molecular formula is C25H26F3N3O3. The molecule has 1 aliphatic heterocycles. The number of ether oxygens (including phenoxy) is 2. The van der Waals surface area contributed by atoms with Crippen LogP contribution in [0.2, 0.25) is 0 Å². The summed E-state index contributed by atoms with van der Waals surface area (Å²) in [5, 5.41) is 3.32. The number of amides is 2. The third-order valence-electron chi connectivity index (χ3n) is 6.60. The van der Waals surface area contributed by atoms with Gasteiger partial charge in [-0.1, -0.05) is 6.07 Å². The molecule has 1 aromatic heterocycles. The number of carbonyl (C=O) groups is 1. The fourth-order valence-electron chi connectivity index (χ4n) is 4.99. The summed E-state index contributed by atoms with van der Waals surface area (Å²) in [5.74, 6) is 1.17. The number of hydrogen-bond acceptors (Lipinski definition) is 3. The van der Waals surface area contributed by atoms with Gasteiger partial charge in [0.1, 0.15) is 11.5 Å². The van der Waals surface area contributed by atoms with E-state index in [-0.39, 0.29) is 18.3 Å². The fraction of sp³-hybridized carbons (Fsp3) is 0.400. The molecule has 3 aromatic rings. The number of methoxy groups -OCH3 is 1. The lowest BCUT2D eigenvalue weighted by Gasteiger charge is -2.36. The maximum absolute atomic E-state index is 14.2. The molecule has 2 amide bonds. The predicted octanol–water partition coefficient (Wildman–Crippen LogP) is 6.19. The number of halogens is 3. The Hall–Kier alpha value is -3.36. The Labute approximate surface area is 195 Å². The van der Waals surface area contributed by atoms with Crippen LogP contribution < -0.4 is 14.8 Å². The Bertz CT molecular complexity index is 1200. The van der Waals surface area contributed by atoms with E-state index in [9.17, 15) is 18.0 Å². The molecule has 2 aliphatic rings. The zero-order valence-corrected chi connectivity index (χ0v) is 18.7. The normalized spacial score (nSPS) is 18.7. The van der Waals surface area contributed by atoms with E-state index in [1.807, 2.05) is 0 Å². The molecule has 5 rings (SSSR count). The molecule has 0 bridgehead atoms. The van der Waals surface area contributed by atoms with Crippen molar-refractivity contribution in [2.24, 2.45) is 0 Å². The summed E-state index contributed by atoms with van der Waals surface area (Å²) in [6.07, 6.45) is 0.00131. The molecular weight excluding hydrogens is 447 g/mol. The summed E-state index contributed by atoms with van der Waals surface area (Å²) >= 11 is 0. The van der Waals surface area contributed by atoms with Crippen LogP contribution in [0, 0.1) is 0 Å². The van der Waals surface area contributed by atoms with Gasteiger partial charge in [0, 0.05) is 29.2 Å². The highest BCUT2D eigenvalue weighted by Crippen LogP contribution is 2.44. The molecule has 2 aromatic carbocycles. The molecule has 9 heteroatoms. The quantitative estimate of drug-likeness (QED) is 0.475. The number of alkyl halides is 3. The lowest BCUT2D eigenvalue weighted by atomic mass is 9.97. The molecule has 0 radical (unpaired) electrons. The van der Waals surface area contributed by atoms with Crippen LogP contribution in [0.5, 0.6) is 11.5 Å². The molecule has 180 valence electrons. The second-order valence-corrected chi connectivity index (χ2v) is 8.80. The van der Waals surface area contributed by atoms with Gasteiger partial charge in [-0.2, -0.15) is 13.2 Å². The Morgan fingerprint density at radius 2 is 1.91 bits per heavy atom. The van der Waals surface area contributed by atoms with Crippen LogP contribution in [0.4, 0.5) is 23.7 Å². The van der Waals surface area contributed by atoms with Gasteiger partial charge in [0.05, 0.1) is 18.9 Å². The highest BCUT2D eigenvalue weighted by atomic mass is 19.4. The molecule has 1 fully saturated rings. The van der Waals surface area contributed by atoms with Gasteiger partial charge in [0.2, 0.25) is 0 Å². The van der Waals surface area contributed by atoms with Gasteiger partial charge in [0.25, 0.3) is 0 Å². The number of benzene rings is 2. The number of nitrogens with zero attached hydrogens (tertiary/aromatic N) is 1. The molecule has 1 saturated carbocycles. The van der Waals surface area contributed by atoms with Gasteiger partial charge >= 0.3 is 12.2 Å². The smallest absolute Gasteiger partial charge is 0.414 e. The molecule has 0 spiro atoms. The van der Waals surface area contributed by atoms with Crippen molar-refractivity contribution in [3.8, 4) is 11.5 Å². The number of rotatable bonds is 4. The van der Waals surface area contributed by atoms with E-state index in [1.165, 1.54) is 7.11 Å². The number of aromatic nitrogens is 1. The summed E-state index contributed by atoms with van der Waals surface area (Å²) in [4.78, 5) is 16.8. The number of fused-ring (bicyclic) bond motifs is 3. The number of aromatic amines is 1. The van der Waals surface area contributed by atoms with Gasteiger partial charge in [-0.3, -0.25) is 0 Å². The number of H-pyrrole nitrogens is 1. The summed E-state index contributed by atoms with van der Waals surface area (Å²) < 4.78 is 53.9. The number of urea groups is 1. The fourth-order valence-corrected chi connectivity index (χ4v) is 4.99. The molecule has 0 saturated heterocycles. The second-order valence-electron chi connectivity index (χ2n) is 8.80. The molecule has 2 heterocycles. The monoisotopic (exact) mass is 473 g/mol. The van der Waals surface area contributed by atoms with Crippen LogP contribution >= 0.6 is 0 Å². The van der Waals surface area contributed by atoms with Crippen molar-refractivity contribution in [2.75, 3.05) is 19.0 Å². The minimum atomic E-state index is -4.65. The van der Waals surface area contributed by atoms with E-state index >= 15 is 0 Å². The van der Waals surface area contributed by atoms with Crippen LogP contribution in [0.3, 0.4) is 0 Å². The topological polar surface area (TPSA) is 66.6 Å². The van der Waals surface area contributed by atoms with Gasteiger partial charge in [-0.25, -0.2) is 4.79 Å². The lowest BCUT2D eigenvalue weighted by Crippen LogP contribution is -2.48. The second kappa shape index (κ2) is 8.77. The van der Waals surface area contributed by atoms with Crippen LogP contribution in [0.15, 0.2) is 42.5 Å². The lowest BCUT2D eigenvalue weighted by molar-refractivity contribution is -0.180. The minimum Gasteiger partial charge on any atom is -0.497 e. The molecule has 6 nitrogen and oxygen atoms in total. The first-order valence-electron chi connectivity index (χ1n) is 11.4. The summed E-state index contributed by atoms with van der Waals surface area (Å²) in [6.45, 7) is -0.0640. The van der Waals surface area contributed by atoms with E-state index in [1.54, 1.807) is 42.5 Å². The summed E-state index contributed by atoms with van der Waals surface area (Å²) in [7, 11) is 1.51. The maximum atomic E-state index is 14.2. The minimum absolute atomic E-state index is 0.00419. The van der Waals surface area contributed by atoms with Crippen molar-refractivity contribution in [1.29, 1.82) is 0 Å². The number of nitrogens with one attached hydrogen (secondary N) is 2. The van der Waals surface area contributed by atoms with Crippen LogP contribution in [-0.4, -0.2) is 41.8 Å². The number of anilines is 1. The predicted molar refractivity (Wildman–Crippen MR) is 122 cm³/mol. The van der Waals surface area contributed by atoms with E-state index in [0.29, 0.717) is 40.1 Å². The highest BCUT2D eigenvalue weighted by molar-refractivity contribution is 5.91. The van der Waals surface area contributed by atoms with Crippen molar-refractivity contribution < 1.29 is 27.4 Å². The SMILES string of the molecule is COc1ccc2[nH]c3c(c2c1)CCN(C(=O)Nc1cccc(OC2CCCC2)c1)C3C(F)(F)F. The standard InChI is InChI=1S/C25H26F3N3O3/c1-33-17-9-10-21-20(14-17)19-11-12-31(23(22(19)30-21)25(26,27)28)24(32)29-15-5-4-8-18(13-15)34-16-6-2-3-7-16/h4-5,8-10,13-14,16,23,30H,2-3,6-7,11-12H2,1H3,(H,29,32). The van der Waals surface area contributed by atoms with Gasteiger partial charge in [-0.05, 0) is 68.0 Å².